The molecular formula is C15H10Cl2N4O4S. The molecule has 2 amide bonds. The van der Waals surface area contributed by atoms with Crippen LogP contribution in [0.15, 0.2) is 42.5 Å². The molecule has 0 aliphatic carbocycles. The fourth-order valence-electron chi connectivity index (χ4n) is 1.79. The van der Waals surface area contributed by atoms with E-state index in [1.807, 2.05) is 0 Å². The number of halogens is 2. The number of rotatable bonds is 3. The number of nitrogens with zero attached hydrogens (tertiary/aromatic N) is 1. The summed E-state index contributed by atoms with van der Waals surface area (Å²) in [5.41, 5.74) is 4.45. The minimum Gasteiger partial charge on any atom is -0.298 e. The summed E-state index contributed by atoms with van der Waals surface area (Å²) in [6.45, 7) is 0. The highest BCUT2D eigenvalue weighted by atomic mass is 35.5. The number of hydrogen-bond donors (Lipinski definition) is 3. The van der Waals surface area contributed by atoms with Crippen LogP contribution < -0.4 is 16.2 Å². The van der Waals surface area contributed by atoms with E-state index in [1.165, 1.54) is 24.3 Å². The van der Waals surface area contributed by atoms with Gasteiger partial charge in [-0.05, 0) is 48.6 Å². The Morgan fingerprint density at radius 3 is 2.19 bits per heavy atom. The third kappa shape index (κ3) is 5.12. The third-order valence-corrected chi connectivity index (χ3v) is 3.80. The predicted molar refractivity (Wildman–Crippen MR) is 100 cm³/mol. The lowest BCUT2D eigenvalue weighted by Gasteiger charge is -2.11. The number of carbonyl (C=O) groups is 2. The number of carbonyl (C=O) groups excluding carboxylic acids is 2. The summed E-state index contributed by atoms with van der Waals surface area (Å²) < 4.78 is 0. The molecule has 0 saturated carbocycles. The molecule has 0 atom stereocenters. The summed E-state index contributed by atoms with van der Waals surface area (Å²) in [7, 11) is 0. The second-order valence-corrected chi connectivity index (χ2v) is 6.04. The quantitative estimate of drug-likeness (QED) is 0.405. The molecule has 0 saturated heterocycles. The Bertz CT molecular complexity index is 890. The molecule has 26 heavy (non-hydrogen) atoms. The molecule has 0 unspecified atom stereocenters. The van der Waals surface area contributed by atoms with Gasteiger partial charge in [-0.25, -0.2) is 0 Å². The summed E-state index contributed by atoms with van der Waals surface area (Å²) in [5, 5.41) is 13.4. The number of nitro benzene ring substituents is 1. The van der Waals surface area contributed by atoms with Crippen molar-refractivity contribution in [2.24, 2.45) is 0 Å². The van der Waals surface area contributed by atoms with Crippen LogP contribution in [-0.2, 0) is 0 Å². The normalized spacial score (nSPS) is 9.92. The van der Waals surface area contributed by atoms with E-state index in [-0.39, 0.29) is 15.7 Å². The Morgan fingerprint density at radius 1 is 0.962 bits per heavy atom. The SMILES string of the molecule is O=C(NNC(=S)NC(=O)c1ccc(Cl)cc1)c1ccc(Cl)c([N+](=O)[O-])c1. The van der Waals surface area contributed by atoms with E-state index < -0.39 is 22.4 Å². The van der Waals surface area contributed by atoms with Crippen molar-refractivity contribution in [3.05, 3.63) is 73.8 Å². The van der Waals surface area contributed by atoms with Gasteiger partial charge in [-0.1, -0.05) is 23.2 Å². The predicted octanol–water partition coefficient (Wildman–Crippen LogP) is 2.85. The molecule has 0 bridgehead atoms. The van der Waals surface area contributed by atoms with Gasteiger partial charge in [0.25, 0.3) is 17.5 Å². The second-order valence-electron chi connectivity index (χ2n) is 4.79. The zero-order valence-corrected chi connectivity index (χ0v) is 15.1. The fourth-order valence-corrected chi connectivity index (χ4v) is 2.24. The Labute approximate surface area is 162 Å². The van der Waals surface area contributed by atoms with Crippen LogP contribution in [0.3, 0.4) is 0 Å². The first-order valence-corrected chi connectivity index (χ1v) is 8.05. The van der Waals surface area contributed by atoms with Crippen molar-refractivity contribution in [2.45, 2.75) is 0 Å². The molecule has 8 nitrogen and oxygen atoms in total. The van der Waals surface area contributed by atoms with Crippen LogP contribution >= 0.6 is 35.4 Å². The highest BCUT2D eigenvalue weighted by molar-refractivity contribution is 7.80. The number of thiocarbonyl (C=S) groups is 1. The van der Waals surface area contributed by atoms with Crippen LogP contribution in [0, 0.1) is 10.1 Å². The first-order chi connectivity index (χ1) is 12.3. The van der Waals surface area contributed by atoms with E-state index in [0.29, 0.717) is 10.6 Å². The lowest BCUT2D eigenvalue weighted by atomic mass is 10.2. The summed E-state index contributed by atoms with van der Waals surface area (Å²) in [4.78, 5) is 34.1. The zero-order valence-electron chi connectivity index (χ0n) is 12.8. The van der Waals surface area contributed by atoms with Gasteiger partial charge in [0.2, 0.25) is 0 Å². The highest BCUT2D eigenvalue weighted by Crippen LogP contribution is 2.24. The summed E-state index contributed by atoms with van der Waals surface area (Å²) in [6, 6.07) is 9.66. The van der Waals surface area contributed by atoms with Crippen LogP contribution in [0.5, 0.6) is 0 Å². The lowest BCUT2D eigenvalue weighted by Crippen LogP contribution is -2.48. The van der Waals surface area contributed by atoms with E-state index in [4.69, 9.17) is 35.4 Å². The van der Waals surface area contributed by atoms with E-state index in [9.17, 15) is 19.7 Å². The summed E-state index contributed by atoms with van der Waals surface area (Å²) in [5.74, 6) is -1.21. The highest BCUT2D eigenvalue weighted by Gasteiger charge is 2.16. The van der Waals surface area contributed by atoms with E-state index in [0.717, 1.165) is 6.07 Å². The van der Waals surface area contributed by atoms with Crippen LogP contribution in [0.2, 0.25) is 10.0 Å². The zero-order chi connectivity index (χ0) is 19.3. The van der Waals surface area contributed by atoms with Crippen molar-refractivity contribution in [2.75, 3.05) is 0 Å². The molecule has 3 N–H and O–H groups in total. The van der Waals surface area contributed by atoms with Gasteiger partial charge in [0.1, 0.15) is 5.02 Å². The number of amides is 2. The molecule has 0 radical (unpaired) electrons. The number of benzene rings is 2. The minimum absolute atomic E-state index is 0.0135. The van der Waals surface area contributed by atoms with Crippen molar-refractivity contribution in [3.8, 4) is 0 Å². The second kappa shape index (κ2) is 8.56. The number of nitrogens with one attached hydrogen (secondary N) is 3. The lowest BCUT2D eigenvalue weighted by molar-refractivity contribution is -0.384. The molecule has 11 heteroatoms. The molecule has 0 spiro atoms. The standard InChI is InChI=1S/C15H10Cl2N4O4S/c16-10-4-1-8(2-5-10)13(22)18-15(26)20-19-14(23)9-3-6-11(17)12(7-9)21(24)25/h1-7H,(H,19,23)(H2,18,20,22,26). The van der Waals surface area contributed by atoms with Crippen LogP contribution in [0.4, 0.5) is 5.69 Å². The number of hydrogen-bond acceptors (Lipinski definition) is 5. The Kier molecular flexibility index (Phi) is 6.45. The van der Waals surface area contributed by atoms with Gasteiger partial charge in [-0.2, -0.15) is 0 Å². The van der Waals surface area contributed by atoms with Gasteiger partial charge >= 0.3 is 0 Å². The largest absolute Gasteiger partial charge is 0.298 e. The monoisotopic (exact) mass is 412 g/mol. The minimum atomic E-state index is -0.705. The average molecular weight is 413 g/mol. The molecular weight excluding hydrogens is 403 g/mol. The maximum atomic E-state index is 12.0. The number of hydrazine groups is 1. The van der Waals surface area contributed by atoms with Crippen molar-refractivity contribution in [3.63, 3.8) is 0 Å². The van der Waals surface area contributed by atoms with Gasteiger partial charge in [0, 0.05) is 22.2 Å². The Morgan fingerprint density at radius 2 is 1.58 bits per heavy atom. The van der Waals surface area contributed by atoms with Crippen LogP contribution in [0.1, 0.15) is 20.7 Å². The topological polar surface area (TPSA) is 113 Å². The molecule has 2 aromatic rings. The Balaban J connectivity index is 1.93. The maximum Gasteiger partial charge on any atom is 0.288 e. The average Bonchev–Trinajstić information content (AvgIpc) is 2.60. The van der Waals surface area contributed by atoms with Gasteiger partial charge in [0.05, 0.1) is 4.92 Å². The molecule has 0 aliphatic rings. The molecule has 0 heterocycles. The summed E-state index contributed by atoms with van der Waals surface area (Å²) >= 11 is 16.3. The number of nitro groups is 1. The van der Waals surface area contributed by atoms with Crippen molar-refractivity contribution in [1.82, 2.24) is 16.2 Å². The summed E-state index contributed by atoms with van der Waals surface area (Å²) in [6.07, 6.45) is 0. The third-order valence-electron chi connectivity index (χ3n) is 3.03. The first kappa shape index (κ1) is 19.6. The van der Waals surface area contributed by atoms with Crippen molar-refractivity contribution >= 4 is 58.0 Å². The van der Waals surface area contributed by atoms with Crippen LogP contribution in [-0.4, -0.2) is 21.9 Å². The molecule has 2 aromatic carbocycles. The molecule has 2 rings (SSSR count). The van der Waals surface area contributed by atoms with E-state index in [2.05, 4.69) is 16.2 Å². The van der Waals surface area contributed by atoms with Gasteiger partial charge in [0.15, 0.2) is 5.11 Å². The van der Waals surface area contributed by atoms with Gasteiger partial charge in [-0.15, -0.1) is 0 Å². The molecule has 134 valence electrons. The van der Waals surface area contributed by atoms with Crippen LogP contribution in [0.25, 0.3) is 0 Å². The van der Waals surface area contributed by atoms with Gasteiger partial charge < -0.3 is 0 Å². The fraction of sp³-hybridized carbons (Fsp3) is 0. The van der Waals surface area contributed by atoms with Crippen molar-refractivity contribution in [1.29, 1.82) is 0 Å². The molecule has 0 fully saturated rings. The van der Waals surface area contributed by atoms with E-state index >= 15 is 0 Å². The maximum absolute atomic E-state index is 12.0. The smallest absolute Gasteiger partial charge is 0.288 e. The Hall–Kier alpha value is -2.75. The molecule has 0 aliphatic heterocycles. The van der Waals surface area contributed by atoms with Crippen molar-refractivity contribution < 1.29 is 14.5 Å². The first-order valence-electron chi connectivity index (χ1n) is 6.89. The molecule has 0 aromatic heterocycles. The van der Waals surface area contributed by atoms with E-state index in [1.54, 1.807) is 12.1 Å². The van der Waals surface area contributed by atoms with Gasteiger partial charge in [-0.3, -0.25) is 35.9 Å².